The molecular weight excluding hydrogens is 323 g/mol. The van der Waals surface area contributed by atoms with Crippen molar-refractivity contribution in [2.24, 2.45) is 0 Å². The number of halogens is 1. The van der Waals surface area contributed by atoms with E-state index < -0.39 is 6.03 Å². The van der Waals surface area contributed by atoms with Crippen LogP contribution in [0.2, 0.25) is 0 Å². The van der Waals surface area contributed by atoms with Crippen molar-refractivity contribution in [2.75, 3.05) is 19.4 Å². The van der Waals surface area contributed by atoms with E-state index in [1.807, 2.05) is 0 Å². The molecule has 1 heterocycles. The highest BCUT2D eigenvalue weighted by atomic mass is 19.1. The molecule has 0 aliphatic heterocycles. The number of carbonyl (C=O) groups is 2. The molecule has 3 amide bonds. The lowest BCUT2D eigenvalue weighted by molar-refractivity contribution is 0.0822. The van der Waals surface area contributed by atoms with Gasteiger partial charge in [0.05, 0.1) is 0 Å². The van der Waals surface area contributed by atoms with Gasteiger partial charge in [-0.2, -0.15) is 0 Å². The Morgan fingerprint density at radius 1 is 1.24 bits per heavy atom. The maximum absolute atomic E-state index is 13.8. The lowest BCUT2D eigenvalue weighted by Crippen LogP contribution is -2.31. The Balaban J connectivity index is 1.58. The van der Waals surface area contributed by atoms with Gasteiger partial charge < -0.3 is 15.5 Å². The number of pyridine rings is 1. The zero-order valence-electron chi connectivity index (χ0n) is 14.0. The largest absolute Gasteiger partial charge is 0.343 e. The number of urea groups is 1. The average Bonchev–Trinajstić information content (AvgIpc) is 3.33. The molecule has 1 aliphatic rings. The summed E-state index contributed by atoms with van der Waals surface area (Å²) in [4.78, 5) is 29.4. The molecule has 2 aromatic rings. The molecule has 1 fully saturated rings. The topological polar surface area (TPSA) is 74.3 Å². The fourth-order valence-corrected chi connectivity index (χ4v) is 2.66. The first-order valence-electron chi connectivity index (χ1n) is 7.95. The highest BCUT2D eigenvalue weighted by molar-refractivity contribution is 5.95. The minimum atomic E-state index is -0.390. The zero-order chi connectivity index (χ0) is 18.0. The summed E-state index contributed by atoms with van der Waals surface area (Å²) < 4.78 is 13.8. The van der Waals surface area contributed by atoms with Gasteiger partial charge in [-0.3, -0.25) is 9.78 Å². The summed E-state index contributed by atoms with van der Waals surface area (Å²) in [7, 11) is 3.26. The van der Waals surface area contributed by atoms with Gasteiger partial charge in [0, 0.05) is 37.9 Å². The van der Waals surface area contributed by atoms with Gasteiger partial charge in [0.1, 0.15) is 11.5 Å². The number of aromatic nitrogens is 1. The highest BCUT2D eigenvalue weighted by Gasteiger charge is 2.40. The Morgan fingerprint density at radius 2 is 2.00 bits per heavy atom. The summed E-state index contributed by atoms with van der Waals surface area (Å²) in [5, 5.41) is 5.50. The summed E-state index contributed by atoms with van der Waals surface area (Å²) in [6.07, 6.45) is 2.17. The van der Waals surface area contributed by atoms with Crippen LogP contribution in [0.5, 0.6) is 0 Å². The van der Waals surface area contributed by atoms with Crippen molar-refractivity contribution in [1.82, 2.24) is 15.2 Å². The normalized spacial score (nSPS) is 18.4. The molecule has 2 N–H and O–H groups in total. The molecule has 0 saturated heterocycles. The van der Waals surface area contributed by atoms with Gasteiger partial charge in [0.25, 0.3) is 5.91 Å². The maximum atomic E-state index is 13.8. The van der Waals surface area contributed by atoms with E-state index in [0.29, 0.717) is 17.7 Å². The van der Waals surface area contributed by atoms with Crippen LogP contribution in [0.25, 0.3) is 0 Å². The summed E-state index contributed by atoms with van der Waals surface area (Å²) in [6.45, 7) is 0. The van der Waals surface area contributed by atoms with Gasteiger partial charge in [-0.05, 0) is 30.2 Å². The lowest BCUT2D eigenvalue weighted by Gasteiger charge is -2.11. The van der Waals surface area contributed by atoms with E-state index in [0.717, 1.165) is 0 Å². The Morgan fingerprint density at radius 3 is 2.72 bits per heavy atom. The van der Waals surface area contributed by atoms with E-state index >= 15 is 0 Å². The van der Waals surface area contributed by atoms with Crippen molar-refractivity contribution in [3.8, 4) is 0 Å². The van der Waals surface area contributed by atoms with Gasteiger partial charge >= 0.3 is 6.03 Å². The second-order valence-electron chi connectivity index (χ2n) is 6.20. The summed E-state index contributed by atoms with van der Waals surface area (Å²) in [6, 6.07) is 9.23. The Hall–Kier alpha value is -2.96. The van der Waals surface area contributed by atoms with Crippen molar-refractivity contribution in [3.05, 3.63) is 59.7 Å². The average molecular weight is 342 g/mol. The van der Waals surface area contributed by atoms with E-state index in [2.05, 4.69) is 15.6 Å². The molecule has 0 radical (unpaired) electrons. The molecule has 2 atom stereocenters. The minimum absolute atomic E-state index is 0.00438. The van der Waals surface area contributed by atoms with Crippen molar-refractivity contribution >= 4 is 17.6 Å². The zero-order valence-corrected chi connectivity index (χ0v) is 14.0. The van der Waals surface area contributed by atoms with E-state index in [1.165, 1.54) is 23.2 Å². The first kappa shape index (κ1) is 16.9. The van der Waals surface area contributed by atoms with Crippen LogP contribution in [0.4, 0.5) is 14.9 Å². The fourth-order valence-electron chi connectivity index (χ4n) is 2.66. The van der Waals surface area contributed by atoms with E-state index in [-0.39, 0.29) is 29.4 Å². The number of amides is 3. The molecule has 1 aromatic heterocycles. The second kappa shape index (κ2) is 6.88. The van der Waals surface area contributed by atoms with E-state index in [1.54, 1.807) is 38.4 Å². The molecule has 0 spiro atoms. The molecule has 130 valence electrons. The van der Waals surface area contributed by atoms with Gasteiger partial charge in [-0.15, -0.1) is 0 Å². The number of benzene rings is 1. The van der Waals surface area contributed by atoms with Crippen molar-refractivity contribution in [1.29, 1.82) is 0 Å². The van der Waals surface area contributed by atoms with Gasteiger partial charge in [-0.25, -0.2) is 9.18 Å². The van der Waals surface area contributed by atoms with E-state index in [4.69, 9.17) is 0 Å². The number of anilines is 1. The quantitative estimate of drug-likeness (QED) is 0.897. The molecule has 1 saturated carbocycles. The molecule has 7 heteroatoms. The van der Waals surface area contributed by atoms with Crippen LogP contribution in [0.1, 0.15) is 28.4 Å². The third-order valence-electron chi connectivity index (χ3n) is 4.05. The smallest absolute Gasteiger partial charge is 0.319 e. The van der Waals surface area contributed by atoms with Crippen LogP contribution < -0.4 is 10.6 Å². The molecule has 0 bridgehead atoms. The number of rotatable bonds is 4. The Labute approximate surface area is 145 Å². The summed E-state index contributed by atoms with van der Waals surface area (Å²) >= 11 is 0. The number of carbonyl (C=O) groups excluding carboxylic acids is 2. The molecule has 3 rings (SSSR count). The lowest BCUT2D eigenvalue weighted by atomic mass is 10.1. The van der Waals surface area contributed by atoms with Crippen LogP contribution in [-0.2, 0) is 0 Å². The Kier molecular flexibility index (Phi) is 4.65. The van der Waals surface area contributed by atoms with Crippen LogP contribution >= 0.6 is 0 Å². The fraction of sp³-hybridized carbons (Fsp3) is 0.278. The van der Waals surface area contributed by atoms with Crippen molar-refractivity contribution in [2.45, 2.75) is 18.4 Å². The molecule has 6 nitrogen and oxygen atoms in total. The van der Waals surface area contributed by atoms with Gasteiger partial charge in [0.2, 0.25) is 0 Å². The monoisotopic (exact) mass is 342 g/mol. The number of nitrogens with zero attached hydrogens (tertiary/aromatic N) is 2. The van der Waals surface area contributed by atoms with Gasteiger partial charge in [-0.1, -0.05) is 18.2 Å². The molecule has 25 heavy (non-hydrogen) atoms. The van der Waals surface area contributed by atoms with E-state index in [9.17, 15) is 14.0 Å². The van der Waals surface area contributed by atoms with Crippen molar-refractivity contribution < 1.29 is 14.0 Å². The van der Waals surface area contributed by atoms with Crippen LogP contribution in [0.15, 0.2) is 42.6 Å². The minimum Gasteiger partial charge on any atom is -0.343 e. The molecule has 1 aliphatic carbocycles. The highest BCUT2D eigenvalue weighted by Crippen LogP contribution is 2.41. The molecule has 0 unspecified atom stereocenters. The second-order valence-corrected chi connectivity index (χ2v) is 6.20. The third kappa shape index (κ3) is 3.93. The summed E-state index contributed by atoms with van der Waals surface area (Å²) in [5.74, 6) is -0.501. The first-order valence-corrected chi connectivity index (χ1v) is 7.95. The number of hydrogen-bond donors (Lipinski definition) is 2. The van der Waals surface area contributed by atoms with Crippen molar-refractivity contribution in [3.63, 3.8) is 0 Å². The summed E-state index contributed by atoms with van der Waals surface area (Å²) in [5.41, 5.74) is 1.34. The number of hydrogen-bond acceptors (Lipinski definition) is 3. The van der Waals surface area contributed by atoms with Crippen LogP contribution in [0.3, 0.4) is 0 Å². The predicted octanol–water partition coefficient (Wildman–Crippen LogP) is 2.60. The van der Waals surface area contributed by atoms with Crippen LogP contribution in [-0.4, -0.2) is 42.0 Å². The SMILES string of the molecule is CN(C)C(=O)c1cc(NC(=O)N[C@H]2C[C@H]2c2ccccc2F)ccn1. The first-order chi connectivity index (χ1) is 12.0. The van der Waals surface area contributed by atoms with Crippen LogP contribution in [0, 0.1) is 5.82 Å². The predicted molar refractivity (Wildman–Crippen MR) is 92.0 cm³/mol. The van der Waals surface area contributed by atoms with Gasteiger partial charge in [0.15, 0.2) is 0 Å². The molecule has 1 aromatic carbocycles. The number of nitrogens with one attached hydrogen (secondary N) is 2. The molecular formula is C18H19FN4O2. The maximum Gasteiger partial charge on any atom is 0.319 e. The third-order valence-corrected chi connectivity index (χ3v) is 4.05. The Bertz CT molecular complexity index is 809. The standard InChI is InChI=1S/C18H19FN4O2/c1-23(2)17(24)16-9-11(7-8-20-16)21-18(25)22-15-10-13(15)12-5-3-4-6-14(12)19/h3-9,13,15H,10H2,1-2H3,(H2,20,21,22,25)/t13-,15-/m0/s1.